The number of nitrogen functional groups attached to an aromatic ring is 1. The monoisotopic (exact) mass is 368 g/mol. The molecule has 28 heavy (non-hydrogen) atoms. The molecule has 5 rings (SSSR count). The molecule has 0 spiro atoms. The minimum Gasteiger partial charge on any atom is -0.455 e. The molecule has 1 unspecified atom stereocenters. The number of nitrogens with zero attached hydrogens (tertiary/aromatic N) is 3. The number of nitrogens with two attached hydrogens (primary N) is 2. The number of anilines is 1. The molecule has 0 saturated carbocycles. The van der Waals surface area contributed by atoms with Gasteiger partial charge >= 0.3 is 0 Å². The molecule has 1 aliphatic carbocycles. The summed E-state index contributed by atoms with van der Waals surface area (Å²) < 4.78 is 5.84. The average molecular weight is 368 g/mol. The van der Waals surface area contributed by atoms with E-state index in [4.69, 9.17) is 21.3 Å². The Kier molecular flexibility index (Phi) is 3.61. The topological polar surface area (TPSA) is 86.0 Å². The predicted molar refractivity (Wildman–Crippen MR) is 110 cm³/mol. The van der Waals surface area contributed by atoms with E-state index in [0.29, 0.717) is 17.3 Å². The first-order valence-corrected chi connectivity index (χ1v) is 8.89. The van der Waals surface area contributed by atoms with Crippen LogP contribution in [0.4, 0.5) is 5.69 Å². The number of para-hydroxylation sites is 1. The number of hydrogen-bond acceptors (Lipinski definition) is 5. The Morgan fingerprint density at radius 1 is 1.04 bits per heavy atom. The van der Waals surface area contributed by atoms with Crippen LogP contribution in [0, 0.1) is 0 Å². The van der Waals surface area contributed by atoms with E-state index in [9.17, 15) is 0 Å². The standard InChI is InChI=1S/C22H18N5O/c23-18-13-16(9-10-20(18)28-17-7-2-1-3-8-17)22-26-21(15-5-4-6-15)19-14-25-11-12-27(19,22)24/h1-14H,23-24H2/q+1. The van der Waals surface area contributed by atoms with Gasteiger partial charge < -0.3 is 10.5 Å². The molecule has 1 atom stereocenters. The summed E-state index contributed by atoms with van der Waals surface area (Å²) in [7, 11) is 0. The van der Waals surface area contributed by atoms with Gasteiger partial charge in [0.05, 0.1) is 23.7 Å². The lowest BCUT2D eigenvalue weighted by atomic mass is 10.0. The van der Waals surface area contributed by atoms with Crippen molar-refractivity contribution < 1.29 is 9.33 Å². The molecular formula is C22H18N5O+. The second-order valence-electron chi connectivity index (χ2n) is 6.67. The zero-order chi connectivity index (χ0) is 19.1. The molecule has 2 heterocycles. The lowest BCUT2D eigenvalue weighted by Gasteiger charge is -2.26. The zero-order valence-electron chi connectivity index (χ0n) is 15.0. The first-order chi connectivity index (χ1) is 13.6. The van der Waals surface area contributed by atoms with Gasteiger partial charge in [0.1, 0.15) is 23.4 Å². The van der Waals surface area contributed by atoms with Crippen molar-refractivity contribution in [2.75, 3.05) is 5.73 Å². The van der Waals surface area contributed by atoms with Gasteiger partial charge in [-0.15, -0.1) is 4.59 Å². The van der Waals surface area contributed by atoms with Crippen LogP contribution in [0.5, 0.6) is 11.5 Å². The number of benzene rings is 2. The summed E-state index contributed by atoms with van der Waals surface area (Å²) in [6, 6.07) is 15.1. The van der Waals surface area contributed by atoms with E-state index in [1.165, 1.54) is 0 Å². The highest BCUT2D eigenvalue weighted by Gasteiger charge is 2.44. The van der Waals surface area contributed by atoms with Crippen molar-refractivity contribution in [1.82, 2.24) is 0 Å². The fourth-order valence-electron chi connectivity index (χ4n) is 3.34. The van der Waals surface area contributed by atoms with Crippen LogP contribution in [0.2, 0.25) is 0 Å². The summed E-state index contributed by atoms with van der Waals surface area (Å²) in [5, 5.41) is 0. The molecule has 136 valence electrons. The van der Waals surface area contributed by atoms with E-state index >= 15 is 0 Å². The van der Waals surface area contributed by atoms with Gasteiger partial charge in [0.15, 0.2) is 0 Å². The molecule has 3 aliphatic rings. The van der Waals surface area contributed by atoms with E-state index in [1.807, 2.05) is 73.0 Å². The van der Waals surface area contributed by atoms with Crippen LogP contribution in [0.1, 0.15) is 5.56 Å². The Labute approximate surface area is 162 Å². The molecule has 2 aromatic rings. The van der Waals surface area contributed by atoms with Gasteiger partial charge in [-0.25, -0.2) is 0 Å². The van der Waals surface area contributed by atoms with Crippen molar-refractivity contribution in [3.63, 3.8) is 0 Å². The fraction of sp³-hybridized carbons (Fsp3) is 0. The number of amidine groups is 1. The molecule has 0 bridgehead atoms. The van der Waals surface area contributed by atoms with E-state index in [-0.39, 0.29) is 4.59 Å². The third-order valence-electron chi connectivity index (χ3n) is 4.86. The van der Waals surface area contributed by atoms with Crippen molar-refractivity contribution in [1.29, 1.82) is 0 Å². The maximum atomic E-state index is 6.71. The summed E-state index contributed by atoms with van der Waals surface area (Å²) in [6.07, 6.45) is 11.3. The number of aliphatic imine (C=N–C) groups is 2. The lowest BCUT2D eigenvalue weighted by molar-refractivity contribution is -0.750. The maximum Gasteiger partial charge on any atom is 0.265 e. The number of hydrogen-bond donors (Lipinski definition) is 2. The third kappa shape index (κ3) is 2.51. The molecule has 0 fully saturated rings. The summed E-state index contributed by atoms with van der Waals surface area (Å²) in [5.74, 6) is 8.71. The van der Waals surface area contributed by atoms with Gasteiger partial charge in [0, 0.05) is 5.57 Å². The summed E-state index contributed by atoms with van der Waals surface area (Å²) in [4.78, 5) is 9.07. The Bertz CT molecular complexity index is 1150. The van der Waals surface area contributed by atoms with E-state index in [0.717, 1.165) is 28.3 Å². The van der Waals surface area contributed by atoms with Crippen LogP contribution >= 0.6 is 0 Å². The van der Waals surface area contributed by atoms with Gasteiger partial charge in [0.25, 0.3) is 5.84 Å². The molecule has 6 nitrogen and oxygen atoms in total. The Morgan fingerprint density at radius 3 is 2.57 bits per heavy atom. The number of allylic oxidation sites excluding steroid dienone is 4. The van der Waals surface area contributed by atoms with Crippen LogP contribution in [0.15, 0.2) is 106 Å². The molecule has 0 aromatic heterocycles. The highest BCUT2D eigenvalue weighted by atomic mass is 16.5. The number of fused-ring (bicyclic) bond motifs is 1. The first kappa shape index (κ1) is 16.4. The number of rotatable bonds is 4. The number of quaternary nitrogens is 1. The van der Waals surface area contributed by atoms with Crippen LogP contribution in [-0.4, -0.2) is 16.6 Å². The van der Waals surface area contributed by atoms with Crippen molar-refractivity contribution in [3.8, 4) is 11.5 Å². The lowest BCUT2D eigenvalue weighted by Crippen LogP contribution is -2.53. The molecule has 0 amide bonds. The van der Waals surface area contributed by atoms with Crippen molar-refractivity contribution in [2.24, 2.45) is 15.8 Å². The highest BCUT2D eigenvalue weighted by molar-refractivity contribution is 6.02. The second kappa shape index (κ2) is 6.16. The van der Waals surface area contributed by atoms with E-state index in [1.54, 1.807) is 12.4 Å². The average Bonchev–Trinajstić information content (AvgIpc) is 2.96. The molecule has 0 radical (unpaired) electrons. The third-order valence-corrected chi connectivity index (χ3v) is 4.86. The normalized spacial score (nSPS) is 21.9. The van der Waals surface area contributed by atoms with Crippen LogP contribution < -0.4 is 16.3 Å². The quantitative estimate of drug-likeness (QED) is 0.489. The van der Waals surface area contributed by atoms with Gasteiger partial charge in [0.2, 0.25) is 5.70 Å². The van der Waals surface area contributed by atoms with E-state index in [2.05, 4.69) is 4.99 Å². The van der Waals surface area contributed by atoms with Gasteiger partial charge in [-0.3, -0.25) is 4.99 Å². The minimum absolute atomic E-state index is 0.0393. The maximum absolute atomic E-state index is 6.71. The largest absolute Gasteiger partial charge is 0.455 e. The fourth-order valence-corrected chi connectivity index (χ4v) is 3.34. The number of ether oxygens (including phenoxy) is 1. The zero-order valence-corrected chi connectivity index (χ0v) is 15.0. The molecular weight excluding hydrogens is 350 g/mol. The van der Waals surface area contributed by atoms with Gasteiger partial charge in [-0.2, -0.15) is 10.8 Å². The first-order valence-electron chi connectivity index (χ1n) is 8.89. The van der Waals surface area contributed by atoms with Crippen LogP contribution in [0.25, 0.3) is 0 Å². The van der Waals surface area contributed by atoms with Crippen molar-refractivity contribution >= 4 is 17.7 Å². The summed E-state index contributed by atoms with van der Waals surface area (Å²) >= 11 is 0. The molecule has 2 aromatic carbocycles. The van der Waals surface area contributed by atoms with Gasteiger partial charge in [-0.05, 0) is 30.3 Å². The molecule has 6 heteroatoms. The summed E-state index contributed by atoms with van der Waals surface area (Å²) in [5.41, 5.74) is 10.3. The SMILES string of the molecule is Nc1cc(C2=NC(C3=CC=C3)=C3C=NC=C[N+]23N)ccc1Oc1ccccc1. The van der Waals surface area contributed by atoms with E-state index < -0.39 is 0 Å². The van der Waals surface area contributed by atoms with Crippen LogP contribution in [0.3, 0.4) is 0 Å². The van der Waals surface area contributed by atoms with Crippen molar-refractivity contribution in [3.05, 3.63) is 102 Å². The molecule has 4 N–H and O–H groups in total. The molecule has 2 aliphatic heterocycles. The van der Waals surface area contributed by atoms with Crippen molar-refractivity contribution in [2.45, 2.75) is 0 Å². The van der Waals surface area contributed by atoms with Crippen LogP contribution in [-0.2, 0) is 0 Å². The Hall–Kier alpha value is -3.74. The highest BCUT2D eigenvalue weighted by Crippen LogP contribution is 2.37. The molecule has 0 saturated heterocycles. The smallest absolute Gasteiger partial charge is 0.265 e. The van der Waals surface area contributed by atoms with Gasteiger partial charge in [-0.1, -0.05) is 36.4 Å². The second-order valence-corrected chi connectivity index (χ2v) is 6.67. The Morgan fingerprint density at radius 2 is 1.86 bits per heavy atom. The minimum atomic E-state index is -0.0393. The summed E-state index contributed by atoms with van der Waals surface area (Å²) in [6.45, 7) is 0. The Balaban J connectivity index is 1.52. The predicted octanol–water partition coefficient (Wildman–Crippen LogP) is 3.78.